The van der Waals surface area contributed by atoms with Gasteiger partial charge in [0.2, 0.25) is 0 Å². The standard InChI is InChI=1S/C14H16FN3O/c1-10-13(17-8-7-16-10)14(2,9-19)18-12-5-3-11(15)4-6-12/h3-8,18-19H,9H2,1-2H3. The second-order valence-corrected chi connectivity index (χ2v) is 4.61. The number of nitrogens with zero attached hydrogens (tertiary/aromatic N) is 2. The number of hydrogen-bond acceptors (Lipinski definition) is 4. The number of aliphatic hydroxyl groups excluding tert-OH is 1. The normalized spacial score (nSPS) is 13.9. The van der Waals surface area contributed by atoms with Gasteiger partial charge in [-0.15, -0.1) is 0 Å². The van der Waals surface area contributed by atoms with Crippen LogP contribution in [0.5, 0.6) is 0 Å². The maximum atomic E-state index is 12.9. The first-order valence-electron chi connectivity index (χ1n) is 5.98. The molecule has 0 aliphatic rings. The monoisotopic (exact) mass is 261 g/mol. The largest absolute Gasteiger partial charge is 0.394 e. The van der Waals surface area contributed by atoms with Crippen LogP contribution in [0, 0.1) is 12.7 Å². The van der Waals surface area contributed by atoms with Gasteiger partial charge < -0.3 is 10.4 Å². The molecular weight excluding hydrogens is 245 g/mol. The van der Waals surface area contributed by atoms with Gasteiger partial charge in [-0.3, -0.25) is 9.97 Å². The number of anilines is 1. The highest BCUT2D eigenvalue weighted by Gasteiger charge is 2.29. The Morgan fingerprint density at radius 1 is 1.21 bits per heavy atom. The molecule has 2 rings (SSSR count). The molecule has 0 spiro atoms. The van der Waals surface area contributed by atoms with E-state index in [2.05, 4.69) is 15.3 Å². The molecule has 0 aliphatic carbocycles. The summed E-state index contributed by atoms with van der Waals surface area (Å²) in [5.41, 5.74) is 1.36. The van der Waals surface area contributed by atoms with Gasteiger partial charge in [0.15, 0.2) is 0 Å². The Bertz CT molecular complexity index is 559. The zero-order chi connectivity index (χ0) is 13.9. The van der Waals surface area contributed by atoms with Crippen molar-refractivity contribution in [3.05, 3.63) is 53.9 Å². The molecule has 1 aromatic heterocycles. The van der Waals surface area contributed by atoms with Gasteiger partial charge >= 0.3 is 0 Å². The summed E-state index contributed by atoms with van der Waals surface area (Å²) in [4.78, 5) is 8.45. The van der Waals surface area contributed by atoms with E-state index in [4.69, 9.17) is 0 Å². The van der Waals surface area contributed by atoms with E-state index in [1.807, 2.05) is 13.8 Å². The molecule has 2 aromatic rings. The van der Waals surface area contributed by atoms with Gasteiger partial charge in [0, 0.05) is 18.1 Å². The summed E-state index contributed by atoms with van der Waals surface area (Å²) in [5.74, 6) is -0.299. The van der Waals surface area contributed by atoms with E-state index in [1.165, 1.54) is 12.1 Å². The van der Waals surface area contributed by atoms with Crippen LogP contribution >= 0.6 is 0 Å². The maximum absolute atomic E-state index is 12.9. The van der Waals surface area contributed by atoms with Gasteiger partial charge in [0.25, 0.3) is 0 Å². The highest BCUT2D eigenvalue weighted by Crippen LogP contribution is 2.25. The van der Waals surface area contributed by atoms with Crippen molar-refractivity contribution in [1.29, 1.82) is 0 Å². The number of aryl methyl sites for hydroxylation is 1. The molecule has 0 fully saturated rings. The lowest BCUT2D eigenvalue weighted by atomic mass is 9.96. The molecule has 1 aromatic carbocycles. The zero-order valence-electron chi connectivity index (χ0n) is 10.9. The molecule has 0 saturated carbocycles. The smallest absolute Gasteiger partial charge is 0.123 e. The van der Waals surface area contributed by atoms with Crippen LogP contribution in [0.1, 0.15) is 18.3 Å². The topological polar surface area (TPSA) is 58.0 Å². The lowest BCUT2D eigenvalue weighted by Crippen LogP contribution is -2.37. The number of aromatic nitrogens is 2. The van der Waals surface area contributed by atoms with Gasteiger partial charge in [-0.25, -0.2) is 4.39 Å². The van der Waals surface area contributed by atoms with Crippen LogP contribution in [0.4, 0.5) is 10.1 Å². The van der Waals surface area contributed by atoms with Gasteiger partial charge in [0.1, 0.15) is 11.4 Å². The molecule has 1 atom stereocenters. The van der Waals surface area contributed by atoms with Crippen LogP contribution in [0.3, 0.4) is 0 Å². The quantitative estimate of drug-likeness (QED) is 0.886. The fraction of sp³-hybridized carbons (Fsp3) is 0.286. The summed E-state index contributed by atoms with van der Waals surface area (Å²) < 4.78 is 12.9. The molecule has 1 unspecified atom stereocenters. The van der Waals surface area contributed by atoms with Gasteiger partial charge in [-0.1, -0.05) is 0 Å². The summed E-state index contributed by atoms with van der Waals surface area (Å²) in [6.45, 7) is 3.51. The average molecular weight is 261 g/mol. The second-order valence-electron chi connectivity index (χ2n) is 4.61. The Hall–Kier alpha value is -2.01. The molecule has 19 heavy (non-hydrogen) atoms. The lowest BCUT2D eigenvalue weighted by Gasteiger charge is -2.30. The zero-order valence-corrected chi connectivity index (χ0v) is 10.9. The van der Waals surface area contributed by atoms with Crippen LogP contribution < -0.4 is 5.32 Å². The summed E-state index contributed by atoms with van der Waals surface area (Å²) >= 11 is 0. The van der Waals surface area contributed by atoms with Crippen LogP contribution in [0.2, 0.25) is 0 Å². The minimum Gasteiger partial charge on any atom is -0.394 e. The van der Waals surface area contributed by atoms with Crippen molar-refractivity contribution in [3.8, 4) is 0 Å². The third-order valence-electron chi connectivity index (χ3n) is 2.98. The van der Waals surface area contributed by atoms with Crippen LogP contribution in [-0.2, 0) is 5.54 Å². The first-order valence-corrected chi connectivity index (χ1v) is 5.98. The second kappa shape index (κ2) is 5.32. The lowest BCUT2D eigenvalue weighted by molar-refractivity contribution is 0.220. The van der Waals surface area contributed by atoms with Crippen molar-refractivity contribution in [2.24, 2.45) is 0 Å². The van der Waals surface area contributed by atoms with E-state index in [9.17, 15) is 9.50 Å². The molecule has 5 heteroatoms. The van der Waals surface area contributed by atoms with Crippen molar-refractivity contribution in [2.45, 2.75) is 19.4 Å². The van der Waals surface area contributed by atoms with Gasteiger partial charge in [0.05, 0.1) is 18.0 Å². The molecule has 2 N–H and O–H groups in total. The molecule has 1 heterocycles. The third-order valence-corrected chi connectivity index (χ3v) is 2.98. The molecule has 0 saturated heterocycles. The van der Waals surface area contributed by atoms with E-state index < -0.39 is 5.54 Å². The van der Waals surface area contributed by atoms with Crippen molar-refractivity contribution < 1.29 is 9.50 Å². The Morgan fingerprint density at radius 3 is 2.42 bits per heavy atom. The highest BCUT2D eigenvalue weighted by molar-refractivity contribution is 5.47. The van der Waals surface area contributed by atoms with E-state index in [-0.39, 0.29) is 12.4 Å². The molecule has 0 radical (unpaired) electrons. The molecule has 100 valence electrons. The van der Waals surface area contributed by atoms with Crippen molar-refractivity contribution in [3.63, 3.8) is 0 Å². The molecular formula is C14H16FN3O. The number of rotatable bonds is 4. The minimum absolute atomic E-state index is 0.149. The summed E-state index contributed by atoms with van der Waals surface area (Å²) in [5, 5.41) is 12.8. The summed E-state index contributed by atoms with van der Waals surface area (Å²) in [7, 11) is 0. The number of aliphatic hydroxyl groups is 1. The summed E-state index contributed by atoms with van der Waals surface area (Å²) in [6, 6.07) is 5.97. The summed E-state index contributed by atoms with van der Waals surface area (Å²) in [6.07, 6.45) is 3.19. The predicted octanol–water partition coefficient (Wildman–Crippen LogP) is 2.24. The van der Waals surface area contributed by atoms with Crippen molar-refractivity contribution in [1.82, 2.24) is 9.97 Å². The first kappa shape index (κ1) is 13.4. The minimum atomic E-state index is -0.768. The molecule has 4 nitrogen and oxygen atoms in total. The van der Waals surface area contributed by atoms with Crippen molar-refractivity contribution in [2.75, 3.05) is 11.9 Å². The SMILES string of the molecule is Cc1nccnc1C(C)(CO)Nc1ccc(F)cc1. The molecule has 0 bridgehead atoms. The van der Waals surface area contributed by atoms with Gasteiger partial charge in [-0.05, 0) is 38.1 Å². The predicted molar refractivity (Wildman–Crippen MR) is 71.2 cm³/mol. The molecule has 0 aliphatic heterocycles. The highest BCUT2D eigenvalue weighted by atomic mass is 19.1. The number of halogens is 1. The van der Waals surface area contributed by atoms with E-state index in [1.54, 1.807) is 24.5 Å². The number of benzene rings is 1. The fourth-order valence-corrected chi connectivity index (χ4v) is 1.97. The number of hydrogen-bond donors (Lipinski definition) is 2. The van der Waals surface area contributed by atoms with Crippen LogP contribution in [-0.4, -0.2) is 21.7 Å². The van der Waals surface area contributed by atoms with Crippen molar-refractivity contribution >= 4 is 5.69 Å². The Balaban J connectivity index is 2.33. The number of nitrogens with one attached hydrogen (secondary N) is 1. The van der Waals surface area contributed by atoms with Crippen LogP contribution in [0.15, 0.2) is 36.7 Å². The Labute approximate surface area is 111 Å². The van der Waals surface area contributed by atoms with E-state index in [0.29, 0.717) is 11.4 Å². The molecule has 0 amide bonds. The average Bonchev–Trinajstić information content (AvgIpc) is 2.42. The Morgan fingerprint density at radius 2 is 1.84 bits per heavy atom. The maximum Gasteiger partial charge on any atom is 0.123 e. The van der Waals surface area contributed by atoms with Gasteiger partial charge in [-0.2, -0.15) is 0 Å². The van der Waals surface area contributed by atoms with E-state index >= 15 is 0 Å². The Kier molecular flexibility index (Phi) is 3.76. The van der Waals surface area contributed by atoms with E-state index in [0.717, 1.165) is 5.69 Å². The fourth-order valence-electron chi connectivity index (χ4n) is 1.97. The first-order chi connectivity index (χ1) is 9.05. The third kappa shape index (κ3) is 2.88. The van der Waals surface area contributed by atoms with Crippen LogP contribution in [0.25, 0.3) is 0 Å².